The zero-order chi connectivity index (χ0) is 23.4. The first-order chi connectivity index (χ1) is 16.0. The lowest BCUT2D eigenvalue weighted by Crippen LogP contribution is -2.23. The molecule has 33 heavy (non-hydrogen) atoms. The fourth-order valence-electron chi connectivity index (χ4n) is 3.74. The molecule has 0 unspecified atom stereocenters. The van der Waals surface area contributed by atoms with E-state index in [2.05, 4.69) is 15.3 Å². The van der Waals surface area contributed by atoms with Crippen molar-refractivity contribution in [3.05, 3.63) is 88.6 Å². The number of nitrogens with zero attached hydrogens (tertiary/aromatic N) is 4. The Balaban J connectivity index is 1.51. The number of para-hydroxylation sites is 2. The molecular weight excluding hydrogens is 418 g/mol. The minimum atomic E-state index is -0.264. The zero-order valence-electron chi connectivity index (χ0n) is 18.9. The molecule has 0 aliphatic rings. The molecule has 2 heterocycles. The molecule has 1 atom stereocenters. The molecular formula is C25H27N5O3. The predicted octanol–water partition coefficient (Wildman–Crippen LogP) is 4.18. The lowest BCUT2D eigenvalue weighted by atomic mass is 9.95. The third-order valence-electron chi connectivity index (χ3n) is 5.43. The van der Waals surface area contributed by atoms with Crippen LogP contribution in [0.15, 0.2) is 71.8 Å². The van der Waals surface area contributed by atoms with Gasteiger partial charge in [0.2, 0.25) is 5.91 Å². The van der Waals surface area contributed by atoms with Crippen LogP contribution in [0.25, 0.3) is 5.78 Å². The molecule has 8 nitrogen and oxygen atoms in total. The minimum Gasteiger partial charge on any atom is -0.485 e. The summed E-state index contributed by atoms with van der Waals surface area (Å²) in [6, 6.07) is 18.5. The Labute approximate surface area is 191 Å². The number of benzene rings is 2. The summed E-state index contributed by atoms with van der Waals surface area (Å²) in [6.07, 6.45) is 2.27. The smallest absolute Gasteiger partial charge is 0.274 e. The second-order valence-corrected chi connectivity index (χ2v) is 8.06. The molecule has 170 valence electrons. The lowest BCUT2D eigenvalue weighted by molar-refractivity contribution is -0.117. The van der Waals surface area contributed by atoms with Crippen molar-refractivity contribution in [2.24, 2.45) is 0 Å². The fraction of sp³-hybridized carbons (Fsp3) is 0.280. The number of hydrogen-bond acceptors (Lipinski definition) is 5. The Hall–Kier alpha value is -3.94. The van der Waals surface area contributed by atoms with E-state index in [-0.39, 0.29) is 30.0 Å². The van der Waals surface area contributed by atoms with Gasteiger partial charge in [0.05, 0.1) is 17.3 Å². The van der Waals surface area contributed by atoms with E-state index in [0.29, 0.717) is 29.3 Å². The summed E-state index contributed by atoms with van der Waals surface area (Å²) >= 11 is 0. The number of aromatic nitrogens is 4. The molecule has 1 amide bonds. The van der Waals surface area contributed by atoms with Crippen LogP contribution in [0.2, 0.25) is 0 Å². The number of carbonyl (C=O) groups excluding carboxylic acids is 1. The van der Waals surface area contributed by atoms with Crippen LogP contribution in [-0.2, 0) is 11.4 Å². The van der Waals surface area contributed by atoms with Crippen molar-refractivity contribution in [1.29, 1.82) is 0 Å². The Bertz CT molecular complexity index is 1310. The van der Waals surface area contributed by atoms with Gasteiger partial charge in [-0.05, 0) is 38.0 Å². The van der Waals surface area contributed by atoms with Crippen LogP contribution in [-0.4, -0.2) is 25.1 Å². The van der Waals surface area contributed by atoms with Gasteiger partial charge in [-0.1, -0.05) is 49.4 Å². The third-order valence-corrected chi connectivity index (χ3v) is 5.43. The van der Waals surface area contributed by atoms with Crippen LogP contribution in [0.4, 0.5) is 5.69 Å². The summed E-state index contributed by atoms with van der Waals surface area (Å²) in [5.74, 6) is 0.463. The van der Waals surface area contributed by atoms with Crippen molar-refractivity contribution in [3.63, 3.8) is 0 Å². The lowest BCUT2D eigenvalue weighted by Gasteiger charge is -2.17. The molecule has 0 saturated heterocycles. The van der Waals surface area contributed by atoms with E-state index in [0.717, 1.165) is 5.56 Å². The van der Waals surface area contributed by atoms with Gasteiger partial charge >= 0.3 is 0 Å². The Morgan fingerprint density at radius 3 is 2.55 bits per heavy atom. The molecule has 8 heteroatoms. The van der Waals surface area contributed by atoms with Gasteiger partial charge < -0.3 is 10.1 Å². The third kappa shape index (κ3) is 4.79. The van der Waals surface area contributed by atoms with E-state index >= 15 is 0 Å². The maximum Gasteiger partial charge on any atom is 0.274 e. The molecule has 4 rings (SSSR count). The first kappa shape index (κ1) is 22.3. The number of hydrogen-bond donors (Lipinski definition) is 1. The molecule has 0 aliphatic heterocycles. The van der Waals surface area contributed by atoms with Gasteiger partial charge in [-0.2, -0.15) is 9.50 Å². The monoisotopic (exact) mass is 445 g/mol. The van der Waals surface area contributed by atoms with E-state index in [1.54, 1.807) is 23.1 Å². The van der Waals surface area contributed by atoms with Gasteiger partial charge in [-0.3, -0.25) is 14.3 Å². The number of ether oxygens (including phenoxy) is 1. The van der Waals surface area contributed by atoms with Crippen LogP contribution < -0.4 is 15.6 Å². The zero-order valence-corrected chi connectivity index (χ0v) is 18.9. The van der Waals surface area contributed by atoms with Crippen molar-refractivity contribution >= 4 is 17.4 Å². The predicted molar refractivity (Wildman–Crippen MR) is 127 cm³/mol. The second kappa shape index (κ2) is 9.68. The van der Waals surface area contributed by atoms with Crippen molar-refractivity contribution in [3.8, 4) is 5.75 Å². The normalized spacial score (nSPS) is 12.1. The number of carbonyl (C=O) groups is 1. The number of fused-ring (bicyclic) bond motifs is 1. The van der Waals surface area contributed by atoms with Gasteiger partial charge in [-0.15, -0.1) is 0 Å². The van der Waals surface area contributed by atoms with E-state index in [1.807, 2.05) is 63.2 Å². The topological polar surface area (TPSA) is 90.5 Å². The summed E-state index contributed by atoms with van der Waals surface area (Å²) < 4.78 is 9.12. The van der Waals surface area contributed by atoms with E-state index < -0.39 is 0 Å². The molecule has 0 bridgehead atoms. The molecule has 2 aromatic heterocycles. The number of nitrogens with one attached hydrogen (secondary N) is 1. The highest BCUT2D eigenvalue weighted by atomic mass is 16.5. The van der Waals surface area contributed by atoms with E-state index in [4.69, 9.17) is 4.74 Å². The number of amides is 1. The minimum absolute atomic E-state index is 0.0725. The van der Waals surface area contributed by atoms with E-state index in [1.165, 1.54) is 10.6 Å². The fourth-order valence-corrected chi connectivity index (χ4v) is 3.74. The molecule has 4 aromatic rings. The number of rotatable bonds is 8. The highest BCUT2D eigenvalue weighted by Crippen LogP contribution is 2.27. The Morgan fingerprint density at radius 2 is 1.82 bits per heavy atom. The van der Waals surface area contributed by atoms with Crippen LogP contribution in [0.5, 0.6) is 5.75 Å². The van der Waals surface area contributed by atoms with Gasteiger partial charge in [0.1, 0.15) is 18.7 Å². The maximum absolute atomic E-state index is 13.0. The first-order valence-corrected chi connectivity index (χ1v) is 11.0. The van der Waals surface area contributed by atoms with Gasteiger partial charge in [-0.25, -0.2) is 4.98 Å². The largest absolute Gasteiger partial charge is 0.485 e. The molecule has 0 aliphatic carbocycles. The SMILES string of the molecule is CC[C@H](C(=O)Nc1ccccc1OCc1cc(=O)n2c(ncn2C(C)C)n1)c1ccccc1. The van der Waals surface area contributed by atoms with Crippen molar-refractivity contribution in [1.82, 2.24) is 19.2 Å². The Morgan fingerprint density at radius 1 is 1.09 bits per heavy atom. The van der Waals surface area contributed by atoms with Gasteiger partial charge in [0.25, 0.3) is 11.3 Å². The average Bonchev–Trinajstić information content (AvgIpc) is 3.25. The van der Waals surface area contributed by atoms with Crippen LogP contribution >= 0.6 is 0 Å². The standard InChI is InChI=1S/C25H27N5O3/c1-4-20(18-10-6-5-7-11-18)24(32)28-21-12-8-9-13-22(21)33-15-19-14-23(31)30-25(27-19)26-16-29(30)17(2)3/h5-14,16-17,20H,4,15H2,1-3H3,(H,28,32)/t20-/m0/s1. The van der Waals surface area contributed by atoms with Crippen molar-refractivity contribution < 1.29 is 9.53 Å². The van der Waals surface area contributed by atoms with Crippen LogP contribution in [0.1, 0.15) is 50.4 Å². The van der Waals surface area contributed by atoms with Crippen molar-refractivity contribution in [2.75, 3.05) is 5.32 Å². The quantitative estimate of drug-likeness (QED) is 0.439. The summed E-state index contributed by atoms with van der Waals surface area (Å²) in [6.45, 7) is 6.00. The first-order valence-electron chi connectivity index (χ1n) is 11.0. The molecule has 0 spiro atoms. The van der Waals surface area contributed by atoms with Gasteiger partial charge in [0, 0.05) is 12.1 Å². The van der Waals surface area contributed by atoms with Crippen LogP contribution in [0.3, 0.4) is 0 Å². The summed E-state index contributed by atoms with van der Waals surface area (Å²) in [5, 5.41) is 2.99. The summed E-state index contributed by atoms with van der Waals surface area (Å²) in [4.78, 5) is 34.3. The molecule has 0 saturated carbocycles. The van der Waals surface area contributed by atoms with E-state index in [9.17, 15) is 9.59 Å². The second-order valence-electron chi connectivity index (χ2n) is 8.06. The molecule has 2 aromatic carbocycles. The highest BCUT2D eigenvalue weighted by Gasteiger charge is 2.20. The molecule has 0 radical (unpaired) electrons. The molecule has 0 fully saturated rings. The number of anilines is 1. The van der Waals surface area contributed by atoms with Crippen molar-refractivity contribution in [2.45, 2.75) is 45.8 Å². The average molecular weight is 446 g/mol. The maximum atomic E-state index is 13.0. The van der Waals surface area contributed by atoms with Gasteiger partial charge in [0.15, 0.2) is 0 Å². The molecule has 1 N–H and O–H groups in total. The Kier molecular flexibility index (Phi) is 6.53. The highest BCUT2D eigenvalue weighted by molar-refractivity contribution is 5.97. The summed E-state index contributed by atoms with van der Waals surface area (Å²) in [7, 11) is 0. The van der Waals surface area contributed by atoms with Crippen LogP contribution in [0, 0.1) is 0 Å². The summed E-state index contributed by atoms with van der Waals surface area (Å²) in [5.41, 5.74) is 1.78.